The standard InChI is InChI=1S/C14H19ClN2/c15-14-6-5-11(9-16-14)10-17-8-7-12-3-1-2-4-13(12)17/h5-6,9,12-13H,1-4,7-8,10H2. The predicted octanol–water partition coefficient (Wildman–Crippen LogP) is 3.50. The maximum Gasteiger partial charge on any atom is 0.129 e. The number of pyridine rings is 1. The first-order valence-electron chi connectivity index (χ1n) is 6.67. The summed E-state index contributed by atoms with van der Waals surface area (Å²) in [4.78, 5) is 6.81. The molecule has 1 aromatic heterocycles. The van der Waals surface area contributed by atoms with Crippen LogP contribution in [-0.4, -0.2) is 22.5 Å². The molecule has 0 radical (unpaired) electrons. The van der Waals surface area contributed by atoms with Crippen molar-refractivity contribution in [2.45, 2.75) is 44.7 Å². The first-order chi connectivity index (χ1) is 8.33. The summed E-state index contributed by atoms with van der Waals surface area (Å²) in [5.74, 6) is 0.962. The molecule has 3 rings (SSSR count). The van der Waals surface area contributed by atoms with Crippen molar-refractivity contribution in [1.29, 1.82) is 0 Å². The van der Waals surface area contributed by atoms with Gasteiger partial charge < -0.3 is 0 Å². The minimum absolute atomic E-state index is 0.589. The molecule has 2 heterocycles. The van der Waals surface area contributed by atoms with Gasteiger partial charge in [-0.05, 0) is 43.4 Å². The molecule has 0 aromatic carbocycles. The molecule has 92 valence electrons. The molecule has 0 bridgehead atoms. The van der Waals surface area contributed by atoms with Crippen molar-refractivity contribution in [1.82, 2.24) is 9.88 Å². The molecule has 2 unspecified atom stereocenters. The lowest BCUT2D eigenvalue weighted by atomic mass is 9.85. The summed E-state index contributed by atoms with van der Waals surface area (Å²) in [5, 5.41) is 0.589. The Labute approximate surface area is 108 Å². The van der Waals surface area contributed by atoms with Crippen LogP contribution >= 0.6 is 11.6 Å². The number of halogens is 1. The van der Waals surface area contributed by atoms with Gasteiger partial charge in [0.2, 0.25) is 0 Å². The van der Waals surface area contributed by atoms with Crippen LogP contribution in [-0.2, 0) is 6.54 Å². The third kappa shape index (κ3) is 2.48. The van der Waals surface area contributed by atoms with E-state index in [4.69, 9.17) is 11.6 Å². The van der Waals surface area contributed by atoms with Crippen molar-refractivity contribution < 1.29 is 0 Å². The molecule has 1 aromatic rings. The Morgan fingerprint density at radius 2 is 2.12 bits per heavy atom. The number of rotatable bonds is 2. The van der Waals surface area contributed by atoms with Crippen molar-refractivity contribution >= 4 is 11.6 Å². The Hall–Kier alpha value is -0.600. The normalized spacial score (nSPS) is 29.2. The van der Waals surface area contributed by atoms with Crippen molar-refractivity contribution in [3.05, 3.63) is 29.0 Å². The first-order valence-corrected chi connectivity index (χ1v) is 7.05. The molecule has 17 heavy (non-hydrogen) atoms. The van der Waals surface area contributed by atoms with Gasteiger partial charge in [-0.1, -0.05) is 30.5 Å². The van der Waals surface area contributed by atoms with Crippen molar-refractivity contribution in [3.8, 4) is 0 Å². The van der Waals surface area contributed by atoms with Gasteiger partial charge in [-0.2, -0.15) is 0 Å². The minimum Gasteiger partial charge on any atom is -0.296 e. The third-order valence-electron chi connectivity index (χ3n) is 4.30. The van der Waals surface area contributed by atoms with Crippen molar-refractivity contribution in [3.63, 3.8) is 0 Å². The molecule has 1 aliphatic heterocycles. The van der Waals surface area contributed by atoms with E-state index >= 15 is 0 Å². The number of likely N-dealkylation sites (tertiary alicyclic amines) is 1. The fourth-order valence-corrected chi connectivity index (χ4v) is 3.55. The van der Waals surface area contributed by atoms with E-state index in [2.05, 4.69) is 16.0 Å². The average molecular weight is 251 g/mol. The fourth-order valence-electron chi connectivity index (χ4n) is 3.43. The van der Waals surface area contributed by atoms with E-state index in [0.717, 1.165) is 18.5 Å². The Balaban J connectivity index is 1.67. The quantitative estimate of drug-likeness (QED) is 0.747. The second-order valence-corrected chi connectivity index (χ2v) is 5.75. The molecule has 2 aliphatic rings. The molecule has 3 heteroatoms. The topological polar surface area (TPSA) is 16.1 Å². The van der Waals surface area contributed by atoms with Crippen LogP contribution < -0.4 is 0 Å². The van der Waals surface area contributed by atoms with E-state index in [1.807, 2.05) is 12.3 Å². The lowest BCUT2D eigenvalue weighted by molar-refractivity contribution is 0.176. The molecular formula is C14H19ClN2. The van der Waals surface area contributed by atoms with E-state index in [0.29, 0.717) is 5.15 Å². The number of hydrogen-bond acceptors (Lipinski definition) is 2. The summed E-state index contributed by atoms with van der Waals surface area (Å²) in [5.41, 5.74) is 1.29. The zero-order chi connectivity index (χ0) is 11.7. The summed E-state index contributed by atoms with van der Waals surface area (Å²) in [6.45, 7) is 2.31. The van der Waals surface area contributed by atoms with Gasteiger partial charge in [0.05, 0.1) is 0 Å². The van der Waals surface area contributed by atoms with Crippen LogP contribution in [0.15, 0.2) is 18.3 Å². The summed E-state index contributed by atoms with van der Waals surface area (Å²) in [6.07, 6.45) is 9.00. The molecule has 2 atom stereocenters. The largest absolute Gasteiger partial charge is 0.296 e. The fraction of sp³-hybridized carbons (Fsp3) is 0.643. The first kappa shape index (κ1) is 11.5. The Morgan fingerprint density at radius 1 is 1.24 bits per heavy atom. The number of nitrogens with zero attached hydrogens (tertiary/aromatic N) is 2. The SMILES string of the molecule is Clc1ccc(CN2CCC3CCCCC32)cn1. The lowest BCUT2D eigenvalue weighted by Crippen LogP contribution is -2.34. The van der Waals surface area contributed by atoms with Gasteiger partial charge in [0, 0.05) is 18.8 Å². The van der Waals surface area contributed by atoms with Crippen LogP contribution in [0.4, 0.5) is 0 Å². The molecule has 1 aliphatic carbocycles. The van der Waals surface area contributed by atoms with Crippen LogP contribution in [0.3, 0.4) is 0 Å². The highest BCUT2D eigenvalue weighted by atomic mass is 35.5. The zero-order valence-corrected chi connectivity index (χ0v) is 10.9. The van der Waals surface area contributed by atoms with Crippen LogP contribution in [0.1, 0.15) is 37.7 Å². The smallest absolute Gasteiger partial charge is 0.129 e. The van der Waals surface area contributed by atoms with Gasteiger partial charge >= 0.3 is 0 Å². The molecule has 0 amide bonds. The Bertz CT molecular complexity index is 376. The molecule has 1 saturated carbocycles. The lowest BCUT2D eigenvalue weighted by Gasteiger charge is -2.31. The van der Waals surface area contributed by atoms with E-state index in [1.165, 1.54) is 44.2 Å². The second-order valence-electron chi connectivity index (χ2n) is 5.36. The molecule has 1 saturated heterocycles. The summed E-state index contributed by atoms with van der Waals surface area (Å²) in [6, 6.07) is 4.83. The molecule has 2 fully saturated rings. The van der Waals surface area contributed by atoms with Crippen LogP contribution in [0.2, 0.25) is 5.15 Å². The predicted molar refractivity (Wildman–Crippen MR) is 70.0 cm³/mol. The highest BCUT2D eigenvalue weighted by Crippen LogP contribution is 2.36. The van der Waals surface area contributed by atoms with E-state index < -0.39 is 0 Å². The summed E-state index contributed by atoms with van der Waals surface area (Å²) < 4.78 is 0. The van der Waals surface area contributed by atoms with E-state index in [9.17, 15) is 0 Å². The monoisotopic (exact) mass is 250 g/mol. The number of aromatic nitrogens is 1. The van der Waals surface area contributed by atoms with Crippen molar-refractivity contribution in [2.75, 3.05) is 6.54 Å². The van der Waals surface area contributed by atoms with E-state index in [-0.39, 0.29) is 0 Å². The summed E-state index contributed by atoms with van der Waals surface area (Å²) in [7, 11) is 0. The maximum atomic E-state index is 5.81. The maximum absolute atomic E-state index is 5.81. The molecule has 0 spiro atoms. The highest BCUT2D eigenvalue weighted by Gasteiger charge is 2.35. The average Bonchev–Trinajstić information content (AvgIpc) is 2.76. The van der Waals surface area contributed by atoms with Gasteiger partial charge in [-0.15, -0.1) is 0 Å². The van der Waals surface area contributed by atoms with E-state index in [1.54, 1.807) is 0 Å². The van der Waals surface area contributed by atoms with Gasteiger partial charge in [-0.3, -0.25) is 4.90 Å². The van der Waals surface area contributed by atoms with Crippen LogP contribution in [0, 0.1) is 5.92 Å². The number of hydrogen-bond donors (Lipinski definition) is 0. The third-order valence-corrected chi connectivity index (χ3v) is 4.52. The van der Waals surface area contributed by atoms with Gasteiger partial charge in [0.15, 0.2) is 0 Å². The second kappa shape index (κ2) is 4.95. The Kier molecular flexibility index (Phi) is 3.34. The molecule has 2 nitrogen and oxygen atoms in total. The minimum atomic E-state index is 0.589. The van der Waals surface area contributed by atoms with Crippen LogP contribution in [0.25, 0.3) is 0 Å². The van der Waals surface area contributed by atoms with Gasteiger partial charge in [-0.25, -0.2) is 4.98 Å². The zero-order valence-electron chi connectivity index (χ0n) is 10.1. The molecule has 0 N–H and O–H groups in total. The van der Waals surface area contributed by atoms with Crippen molar-refractivity contribution in [2.24, 2.45) is 5.92 Å². The highest BCUT2D eigenvalue weighted by molar-refractivity contribution is 6.29. The Morgan fingerprint density at radius 3 is 2.94 bits per heavy atom. The van der Waals surface area contributed by atoms with Crippen LogP contribution in [0.5, 0.6) is 0 Å². The van der Waals surface area contributed by atoms with Gasteiger partial charge in [0.1, 0.15) is 5.15 Å². The number of fused-ring (bicyclic) bond motifs is 1. The summed E-state index contributed by atoms with van der Waals surface area (Å²) >= 11 is 5.81. The van der Waals surface area contributed by atoms with Gasteiger partial charge in [0.25, 0.3) is 0 Å². The molecular weight excluding hydrogens is 232 g/mol.